The summed E-state index contributed by atoms with van der Waals surface area (Å²) in [6, 6.07) is 7.58. The van der Waals surface area contributed by atoms with Crippen molar-refractivity contribution in [3.05, 3.63) is 28.2 Å². The van der Waals surface area contributed by atoms with Gasteiger partial charge in [0.15, 0.2) is 3.95 Å². The van der Waals surface area contributed by atoms with Gasteiger partial charge in [-0.2, -0.15) is 0 Å². The molecule has 1 N–H and O–H groups in total. The first kappa shape index (κ1) is 19.7. The van der Waals surface area contributed by atoms with Crippen molar-refractivity contribution in [2.24, 2.45) is 0 Å². The Kier molecular flexibility index (Phi) is 6.80. The molecule has 0 amide bonds. The van der Waals surface area contributed by atoms with Gasteiger partial charge in [-0.3, -0.25) is 4.90 Å². The molecule has 0 aliphatic rings. The van der Waals surface area contributed by atoms with Gasteiger partial charge in [0.1, 0.15) is 18.1 Å². The van der Waals surface area contributed by atoms with Crippen molar-refractivity contribution < 1.29 is 9.47 Å². The largest absolute Gasteiger partial charge is 0.497 e. The number of hydrogen-bond donors (Lipinski definition) is 1. The van der Waals surface area contributed by atoms with E-state index in [1.807, 2.05) is 36.0 Å². The predicted molar refractivity (Wildman–Crippen MR) is 105 cm³/mol. The van der Waals surface area contributed by atoms with E-state index >= 15 is 0 Å². The summed E-state index contributed by atoms with van der Waals surface area (Å²) in [5.41, 5.74) is -0.0322. The standard InChI is InChI=1S/C17H26N4O2S2/c1-17(2,3)18-15-19-21(16(24)25-15)12-20(4)10-11-23-14-8-6-13(22-5)7-9-14/h6-9H,10-12H2,1-5H3,(H,18,19). The Balaban J connectivity index is 1.81. The molecule has 6 nitrogen and oxygen atoms in total. The number of anilines is 1. The van der Waals surface area contributed by atoms with Crippen molar-refractivity contribution >= 4 is 28.7 Å². The highest BCUT2D eigenvalue weighted by atomic mass is 32.1. The smallest absolute Gasteiger partial charge is 0.205 e. The Hall–Kier alpha value is -1.64. The zero-order chi connectivity index (χ0) is 18.4. The van der Waals surface area contributed by atoms with Gasteiger partial charge in [-0.25, -0.2) is 4.68 Å². The predicted octanol–water partition coefficient (Wildman–Crippen LogP) is 3.86. The Morgan fingerprint density at radius 2 is 1.88 bits per heavy atom. The van der Waals surface area contributed by atoms with Crippen LogP contribution in [0.5, 0.6) is 11.5 Å². The zero-order valence-corrected chi connectivity index (χ0v) is 17.0. The fourth-order valence-electron chi connectivity index (χ4n) is 2.06. The molecule has 1 aromatic heterocycles. The lowest BCUT2D eigenvalue weighted by Crippen LogP contribution is -2.28. The summed E-state index contributed by atoms with van der Waals surface area (Å²) in [4.78, 5) is 2.12. The minimum atomic E-state index is -0.0322. The number of aromatic nitrogens is 2. The maximum Gasteiger partial charge on any atom is 0.205 e. The first-order valence-electron chi connectivity index (χ1n) is 8.08. The summed E-state index contributed by atoms with van der Waals surface area (Å²) in [6.45, 7) is 8.30. The number of likely N-dealkylation sites (N-methyl/N-ethyl adjacent to an activating group) is 1. The Morgan fingerprint density at radius 3 is 2.48 bits per heavy atom. The molecule has 1 heterocycles. The van der Waals surface area contributed by atoms with E-state index in [0.29, 0.717) is 13.3 Å². The number of rotatable bonds is 8. The molecule has 0 bridgehead atoms. The van der Waals surface area contributed by atoms with Gasteiger partial charge in [0.25, 0.3) is 0 Å². The monoisotopic (exact) mass is 382 g/mol. The average molecular weight is 383 g/mol. The Morgan fingerprint density at radius 1 is 1.24 bits per heavy atom. The first-order valence-corrected chi connectivity index (χ1v) is 9.31. The fourth-order valence-corrected chi connectivity index (χ4v) is 3.26. The van der Waals surface area contributed by atoms with Crippen LogP contribution in [0.15, 0.2) is 24.3 Å². The molecule has 8 heteroatoms. The Bertz CT molecular complexity index is 719. The van der Waals surface area contributed by atoms with E-state index in [1.54, 1.807) is 7.11 Å². The van der Waals surface area contributed by atoms with Gasteiger partial charge in [-0.05, 0) is 64.3 Å². The molecule has 0 fully saturated rings. The molecule has 25 heavy (non-hydrogen) atoms. The molecule has 0 saturated heterocycles. The van der Waals surface area contributed by atoms with Gasteiger partial charge >= 0.3 is 0 Å². The van der Waals surface area contributed by atoms with Crippen LogP contribution in [0.4, 0.5) is 5.13 Å². The van der Waals surface area contributed by atoms with E-state index in [2.05, 4.69) is 36.1 Å². The van der Waals surface area contributed by atoms with Crippen LogP contribution in [0.25, 0.3) is 0 Å². The van der Waals surface area contributed by atoms with Crippen LogP contribution in [0.1, 0.15) is 20.8 Å². The van der Waals surface area contributed by atoms with E-state index in [1.165, 1.54) is 11.3 Å². The highest BCUT2D eigenvalue weighted by molar-refractivity contribution is 7.73. The highest BCUT2D eigenvalue weighted by Crippen LogP contribution is 2.19. The molecule has 0 aliphatic heterocycles. The van der Waals surface area contributed by atoms with Gasteiger partial charge in [-0.15, -0.1) is 5.10 Å². The fraction of sp³-hybridized carbons (Fsp3) is 0.529. The summed E-state index contributed by atoms with van der Waals surface area (Å²) >= 11 is 6.90. The van der Waals surface area contributed by atoms with Crippen LogP contribution in [-0.2, 0) is 6.67 Å². The van der Waals surface area contributed by atoms with E-state index in [9.17, 15) is 0 Å². The molecule has 0 spiro atoms. The SMILES string of the molecule is COc1ccc(OCCN(C)Cn2nc(NC(C)(C)C)sc2=S)cc1. The maximum absolute atomic E-state index is 5.75. The van der Waals surface area contributed by atoms with E-state index < -0.39 is 0 Å². The summed E-state index contributed by atoms with van der Waals surface area (Å²) in [5.74, 6) is 1.65. The molecular formula is C17H26N4O2S2. The number of nitrogens with zero attached hydrogens (tertiary/aromatic N) is 3. The van der Waals surface area contributed by atoms with Gasteiger partial charge in [0.05, 0.1) is 13.8 Å². The molecule has 0 radical (unpaired) electrons. The van der Waals surface area contributed by atoms with Gasteiger partial charge in [-0.1, -0.05) is 11.3 Å². The number of methoxy groups -OCH3 is 1. The van der Waals surface area contributed by atoms with Crippen LogP contribution in [-0.4, -0.2) is 47.5 Å². The summed E-state index contributed by atoms with van der Waals surface area (Å²) in [6.07, 6.45) is 0. The zero-order valence-electron chi connectivity index (χ0n) is 15.4. The third-order valence-electron chi connectivity index (χ3n) is 3.26. The summed E-state index contributed by atoms with van der Waals surface area (Å²) in [7, 11) is 3.67. The molecular weight excluding hydrogens is 356 g/mol. The van der Waals surface area contributed by atoms with Crippen molar-refractivity contribution in [2.45, 2.75) is 33.0 Å². The van der Waals surface area contributed by atoms with Crippen LogP contribution in [0.2, 0.25) is 0 Å². The molecule has 0 aliphatic carbocycles. The lowest BCUT2D eigenvalue weighted by molar-refractivity contribution is 0.198. The summed E-state index contributed by atoms with van der Waals surface area (Å²) < 4.78 is 13.5. The number of benzene rings is 1. The Labute approximate surface area is 158 Å². The third-order valence-corrected chi connectivity index (χ3v) is 4.49. The van der Waals surface area contributed by atoms with Crippen molar-refractivity contribution in [1.29, 1.82) is 0 Å². The molecule has 0 saturated carbocycles. The van der Waals surface area contributed by atoms with Gasteiger partial charge in [0, 0.05) is 12.1 Å². The second kappa shape index (κ2) is 8.64. The van der Waals surface area contributed by atoms with Crippen LogP contribution >= 0.6 is 23.6 Å². The lowest BCUT2D eigenvalue weighted by Gasteiger charge is -2.19. The third kappa shape index (κ3) is 6.64. The molecule has 2 aromatic rings. The minimum absolute atomic E-state index is 0.0322. The molecule has 0 unspecified atom stereocenters. The van der Waals surface area contributed by atoms with E-state index in [-0.39, 0.29) is 5.54 Å². The van der Waals surface area contributed by atoms with Crippen LogP contribution in [0.3, 0.4) is 0 Å². The van der Waals surface area contributed by atoms with Crippen molar-refractivity contribution in [2.75, 3.05) is 32.6 Å². The second-order valence-corrected chi connectivity index (χ2v) is 8.42. The number of nitrogens with one attached hydrogen (secondary N) is 1. The van der Waals surface area contributed by atoms with Crippen molar-refractivity contribution in [1.82, 2.24) is 14.7 Å². The van der Waals surface area contributed by atoms with Crippen molar-refractivity contribution in [3.8, 4) is 11.5 Å². The van der Waals surface area contributed by atoms with Gasteiger partial charge in [0.2, 0.25) is 5.13 Å². The quantitative estimate of drug-likeness (QED) is 0.700. The highest BCUT2D eigenvalue weighted by Gasteiger charge is 2.13. The van der Waals surface area contributed by atoms with Crippen molar-refractivity contribution in [3.63, 3.8) is 0 Å². The normalized spacial score (nSPS) is 11.6. The lowest BCUT2D eigenvalue weighted by atomic mass is 10.1. The summed E-state index contributed by atoms with van der Waals surface area (Å²) in [5, 5.41) is 8.75. The molecule has 0 atom stereocenters. The number of hydrogen-bond acceptors (Lipinski definition) is 7. The van der Waals surface area contributed by atoms with Crippen LogP contribution < -0.4 is 14.8 Å². The van der Waals surface area contributed by atoms with E-state index in [4.69, 9.17) is 21.7 Å². The van der Waals surface area contributed by atoms with E-state index in [0.717, 1.165) is 27.1 Å². The maximum atomic E-state index is 5.75. The minimum Gasteiger partial charge on any atom is -0.497 e. The second-order valence-electron chi connectivity index (χ2n) is 6.79. The number of ether oxygens (including phenoxy) is 2. The topological polar surface area (TPSA) is 51.6 Å². The van der Waals surface area contributed by atoms with Gasteiger partial charge < -0.3 is 14.8 Å². The van der Waals surface area contributed by atoms with Crippen LogP contribution in [0, 0.1) is 3.95 Å². The molecule has 2 rings (SSSR count). The molecule has 1 aromatic carbocycles. The average Bonchev–Trinajstić information content (AvgIpc) is 2.85. The first-order chi connectivity index (χ1) is 11.8. The molecule has 138 valence electrons.